The first kappa shape index (κ1) is 15.2. The van der Waals surface area contributed by atoms with Gasteiger partial charge in [-0.1, -0.05) is 37.7 Å². The third-order valence-corrected chi connectivity index (χ3v) is 5.08. The molecule has 1 amide bonds. The van der Waals surface area contributed by atoms with Crippen molar-refractivity contribution in [1.82, 2.24) is 9.55 Å². The first-order chi connectivity index (χ1) is 10.7. The fraction of sp³-hybridized carbons (Fsp3) is 0.412. The number of hydrogen-bond acceptors (Lipinski definition) is 3. The first-order valence-electron chi connectivity index (χ1n) is 7.82. The Labute approximate surface area is 135 Å². The minimum Gasteiger partial charge on any atom is -0.326 e. The third kappa shape index (κ3) is 3.04. The van der Waals surface area contributed by atoms with Crippen molar-refractivity contribution >= 4 is 23.4 Å². The van der Waals surface area contributed by atoms with Crippen molar-refractivity contribution in [1.29, 1.82) is 0 Å². The minimum absolute atomic E-state index is 0.0906. The molecule has 0 unspecified atom stereocenters. The van der Waals surface area contributed by atoms with Crippen molar-refractivity contribution in [3.8, 4) is 11.3 Å². The van der Waals surface area contributed by atoms with Gasteiger partial charge in [0, 0.05) is 35.7 Å². The molecule has 4 nitrogen and oxygen atoms in total. The number of nitrogens with one attached hydrogen (secondary N) is 1. The van der Waals surface area contributed by atoms with Crippen LogP contribution >= 0.6 is 11.8 Å². The maximum atomic E-state index is 12.1. The van der Waals surface area contributed by atoms with E-state index in [1.54, 1.807) is 11.8 Å². The van der Waals surface area contributed by atoms with Gasteiger partial charge in [0.2, 0.25) is 5.91 Å². The Kier molecular flexibility index (Phi) is 4.52. The van der Waals surface area contributed by atoms with Crippen molar-refractivity contribution in [2.45, 2.75) is 38.4 Å². The lowest BCUT2D eigenvalue weighted by molar-refractivity contribution is -0.120. The van der Waals surface area contributed by atoms with Gasteiger partial charge in [-0.15, -0.1) is 0 Å². The summed E-state index contributed by atoms with van der Waals surface area (Å²) in [5, 5.41) is 4.09. The number of carbonyl (C=O) groups excluding carboxylic acids is 1. The van der Waals surface area contributed by atoms with E-state index in [9.17, 15) is 4.79 Å². The fourth-order valence-corrected chi connectivity index (χ4v) is 3.62. The zero-order valence-electron chi connectivity index (χ0n) is 13.0. The van der Waals surface area contributed by atoms with Gasteiger partial charge in [0.1, 0.15) is 0 Å². The van der Waals surface area contributed by atoms with Crippen molar-refractivity contribution in [2.24, 2.45) is 5.92 Å². The van der Waals surface area contributed by atoms with Crippen LogP contribution in [0.3, 0.4) is 0 Å². The van der Waals surface area contributed by atoms with Crippen LogP contribution in [0, 0.1) is 5.92 Å². The van der Waals surface area contributed by atoms with E-state index < -0.39 is 0 Å². The van der Waals surface area contributed by atoms with E-state index >= 15 is 0 Å². The second kappa shape index (κ2) is 6.57. The molecule has 1 aliphatic heterocycles. The molecule has 116 valence electrons. The molecule has 0 aliphatic carbocycles. The number of thioether (sulfide) groups is 1. The summed E-state index contributed by atoms with van der Waals surface area (Å²) in [6.07, 6.45) is 3.85. The summed E-state index contributed by atoms with van der Waals surface area (Å²) >= 11 is 1.80. The van der Waals surface area contributed by atoms with E-state index in [0.29, 0.717) is 0 Å². The predicted molar refractivity (Wildman–Crippen MR) is 91.1 cm³/mol. The molecule has 0 saturated carbocycles. The number of benzene rings is 1. The van der Waals surface area contributed by atoms with Crippen LogP contribution in [0.1, 0.15) is 26.7 Å². The minimum atomic E-state index is 0.0906. The predicted octanol–water partition coefficient (Wildman–Crippen LogP) is 4.03. The van der Waals surface area contributed by atoms with E-state index in [1.807, 2.05) is 38.1 Å². The molecule has 0 bridgehead atoms. The highest BCUT2D eigenvalue weighted by Gasteiger charge is 2.16. The van der Waals surface area contributed by atoms with Crippen LogP contribution in [0.25, 0.3) is 11.3 Å². The zero-order valence-corrected chi connectivity index (χ0v) is 13.8. The van der Waals surface area contributed by atoms with Crippen LogP contribution in [-0.2, 0) is 11.3 Å². The number of aryl methyl sites for hydroxylation is 1. The van der Waals surface area contributed by atoms with E-state index in [4.69, 9.17) is 0 Å². The molecule has 0 saturated heterocycles. The molecule has 3 rings (SSSR count). The smallest absolute Gasteiger partial charge is 0.227 e. The summed E-state index contributed by atoms with van der Waals surface area (Å²) in [5.74, 6) is 1.31. The molecule has 1 aromatic heterocycles. The number of rotatable bonds is 5. The highest BCUT2D eigenvalue weighted by atomic mass is 32.2. The van der Waals surface area contributed by atoms with Crippen molar-refractivity contribution in [3.63, 3.8) is 0 Å². The lowest BCUT2D eigenvalue weighted by Gasteiger charge is -2.12. The first-order valence-corrected chi connectivity index (χ1v) is 8.81. The molecule has 1 aliphatic rings. The maximum absolute atomic E-state index is 12.1. The lowest BCUT2D eigenvalue weighted by atomic mass is 10.0. The molecule has 1 aromatic carbocycles. The lowest BCUT2D eigenvalue weighted by Crippen LogP contribution is -2.21. The summed E-state index contributed by atoms with van der Waals surface area (Å²) in [4.78, 5) is 16.7. The van der Waals surface area contributed by atoms with Crippen molar-refractivity contribution < 1.29 is 4.79 Å². The Bertz CT molecular complexity index is 638. The van der Waals surface area contributed by atoms with Gasteiger partial charge in [-0.05, 0) is 25.0 Å². The average Bonchev–Trinajstić information content (AvgIpc) is 3.10. The number of anilines is 1. The number of fused-ring (bicyclic) bond motifs is 1. The Balaban J connectivity index is 1.71. The second-order valence-corrected chi connectivity index (χ2v) is 6.59. The molecule has 0 radical (unpaired) electrons. The van der Waals surface area contributed by atoms with Crippen LogP contribution in [-0.4, -0.2) is 21.2 Å². The topological polar surface area (TPSA) is 46.9 Å². The molecule has 0 atom stereocenters. The van der Waals surface area contributed by atoms with Gasteiger partial charge in [0.15, 0.2) is 5.16 Å². The van der Waals surface area contributed by atoms with E-state index in [1.165, 1.54) is 0 Å². The molecule has 5 heteroatoms. The van der Waals surface area contributed by atoms with Gasteiger partial charge in [-0.25, -0.2) is 4.98 Å². The second-order valence-electron chi connectivity index (χ2n) is 5.53. The standard InChI is InChI=1S/C17H21N3OS/c1-3-12(4-2)16(21)18-14-7-5-13(6-8-14)15-11-20-9-10-22-17(20)19-15/h5-8,11-12H,3-4,9-10H2,1-2H3,(H,18,21). The van der Waals surface area contributed by atoms with Crippen molar-refractivity contribution in [2.75, 3.05) is 11.1 Å². The van der Waals surface area contributed by atoms with Crippen LogP contribution < -0.4 is 5.32 Å². The fourth-order valence-electron chi connectivity index (χ4n) is 2.68. The molecule has 1 N–H and O–H groups in total. The van der Waals surface area contributed by atoms with Gasteiger partial charge >= 0.3 is 0 Å². The molecule has 22 heavy (non-hydrogen) atoms. The summed E-state index contributed by atoms with van der Waals surface area (Å²) in [5.41, 5.74) is 2.94. The molecule has 2 heterocycles. The van der Waals surface area contributed by atoms with Crippen LogP contribution in [0.2, 0.25) is 0 Å². The number of aromatic nitrogens is 2. The van der Waals surface area contributed by atoms with Gasteiger partial charge in [0.25, 0.3) is 0 Å². The number of nitrogens with zero attached hydrogens (tertiary/aromatic N) is 2. The van der Waals surface area contributed by atoms with Crippen LogP contribution in [0.5, 0.6) is 0 Å². The summed E-state index contributed by atoms with van der Waals surface area (Å²) in [6, 6.07) is 7.94. The monoisotopic (exact) mass is 315 g/mol. The quantitative estimate of drug-likeness (QED) is 0.906. The molecule has 2 aromatic rings. The Morgan fingerprint density at radius 3 is 2.68 bits per heavy atom. The number of amides is 1. The average molecular weight is 315 g/mol. The largest absolute Gasteiger partial charge is 0.326 e. The van der Waals surface area contributed by atoms with E-state index in [2.05, 4.69) is 21.1 Å². The third-order valence-electron chi connectivity index (χ3n) is 4.11. The van der Waals surface area contributed by atoms with Gasteiger partial charge in [-0.2, -0.15) is 0 Å². The van der Waals surface area contributed by atoms with Gasteiger partial charge < -0.3 is 9.88 Å². The van der Waals surface area contributed by atoms with Crippen LogP contribution in [0.4, 0.5) is 5.69 Å². The van der Waals surface area contributed by atoms with Crippen molar-refractivity contribution in [3.05, 3.63) is 30.5 Å². The summed E-state index contributed by atoms with van der Waals surface area (Å²) in [7, 11) is 0. The number of imidazole rings is 1. The number of hydrogen-bond donors (Lipinski definition) is 1. The molecule has 0 fully saturated rings. The Morgan fingerprint density at radius 1 is 1.32 bits per heavy atom. The summed E-state index contributed by atoms with van der Waals surface area (Å²) < 4.78 is 2.20. The highest BCUT2D eigenvalue weighted by molar-refractivity contribution is 7.99. The maximum Gasteiger partial charge on any atom is 0.227 e. The Morgan fingerprint density at radius 2 is 2.05 bits per heavy atom. The Hall–Kier alpha value is -1.75. The van der Waals surface area contributed by atoms with E-state index in [0.717, 1.165) is 47.2 Å². The molecule has 0 spiro atoms. The van der Waals surface area contributed by atoms with Gasteiger partial charge in [0.05, 0.1) is 5.69 Å². The molecular formula is C17H21N3OS. The zero-order chi connectivity index (χ0) is 15.5. The number of carbonyl (C=O) groups is 1. The van der Waals surface area contributed by atoms with Crippen LogP contribution in [0.15, 0.2) is 35.6 Å². The molecular weight excluding hydrogens is 294 g/mol. The summed E-state index contributed by atoms with van der Waals surface area (Å²) in [6.45, 7) is 5.14. The van der Waals surface area contributed by atoms with Gasteiger partial charge in [-0.3, -0.25) is 4.79 Å². The van der Waals surface area contributed by atoms with E-state index in [-0.39, 0.29) is 11.8 Å². The highest BCUT2D eigenvalue weighted by Crippen LogP contribution is 2.29. The SMILES string of the molecule is CCC(CC)C(=O)Nc1ccc(-c2cn3c(n2)SCC3)cc1. The normalized spacial score (nSPS) is 13.4.